The molecule has 0 aromatic heterocycles. The van der Waals surface area contributed by atoms with Gasteiger partial charge in [-0.3, -0.25) is 4.79 Å². The van der Waals surface area contributed by atoms with E-state index in [1.54, 1.807) is 6.92 Å². The van der Waals surface area contributed by atoms with Crippen molar-refractivity contribution in [3.05, 3.63) is 35.4 Å². The average molecular weight is 231 g/mol. The lowest BCUT2D eigenvalue weighted by Crippen LogP contribution is -1.97. The Bertz CT molecular complexity index is 419. The number of nitrogens with one attached hydrogen (secondary N) is 1. The molecule has 0 saturated heterocycles. The number of rotatable bonds is 5. The van der Waals surface area contributed by atoms with E-state index in [0.29, 0.717) is 5.92 Å². The summed E-state index contributed by atoms with van der Waals surface area (Å²) in [5, 5.41) is 3.14. The first-order chi connectivity index (χ1) is 8.04. The predicted octanol–water partition coefficient (Wildman–Crippen LogP) is 3.99. The molecule has 1 aromatic rings. The van der Waals surface area contributed by atoms with Crippen molar-refractivity contribution in [3.8, 4) is 0 Å². The Hall–Kier alpha value is -1.57. The zero-order chi connectivity index (χ0) is 12.8. The Kier molecular flexibility index (Phi) is 4.95. The van der Waals surface area contributed by atoms with Gasteiger partial charge in [0.05, 0.1) is 0 Å². The van der Waals surface area contributed by atoms with Crippen molar-refractivity contribution in [1.82, 2.24) is 0 Å². The molecule has 0 spiro atoms. The van der Waals surface area contributed by atoms with E-state index in [9.17, 15) is 4.79 Å². The van der Waals surface area contributed by atoms with E-state index in [1.165, 1.54) is 0 Å². The van der Waals surface area contributed by atoms with E-state index in [4.69, 9.17) is 0 Å². The van der Waals surface area contributed by atoms with Crippen molar-refractivity contribution in [3.63, 3.8) is 0 Å². The number of benzene rings is 1. The van der Waals surface area contributed by atoms with Gasteiger partial charge in [0.15, 0.2) is 5.78 Å². The molecule has 0 saturated carbocycles. The van der Waals surface area contributed by atoms with Crippen molar-refractivity contribution in [2.24, 2.45) is 5.92 Å². The van der Waals surface area contributed by atoms with Gasteiger partial charge in [-0.15, -0.1) is 0 Å². The van der Waals surface area contributed by atoms with Gasteiger partial charge in [-0.1, -0.05) is 26.0 Å². The molecule has 0 bridgehead atoms. The Morgan fingerprint density at radius 2 is 2.12 bits per heavy atom. The van der Waals surface area contributed by atoms with Gasteiger partial charge < -0.3 is 5.32 Å². The summed E-state index contributed by atoms with van der Waals surface area (Å²) in [7, 11) is 1.89. The molecule has 2 nitrogen and oxygen atoms in total. The summed E-state index contributed by atoms with van der Waals surface area (Å²) in [6.45, 7) is 5.97. The molecule has 1 N–H and O–H groups in total. The monoisotopic (exact) mass is 231 g/mol. The van der Waals surface area contributed by atoms with E-state index in [-0.39, 0.29) is 5.78 Å². The van der Waals surface area contributed by atoms with Crippen LogP contribution in [0.15, 0.2) is 24.3 Å². The minimum atomic E-state index is 0.103. The van der Waals surface area contributed by atoms with Crippen molar-refractivity contribution in [1.29, 1.82) is 0 Å². The molecule has 0 radical (unpaired) electrons. The van der Waals surface area contributed by atoms with E-state index < -0.39 is 0 Å². The topological polar surface area (TPSA) is 29.1 Å². The first-order valence-corrected chi connectivity index (χ1v) is 6.04. The highest BCUT2D eigenvalue weighted by Crippen LogP contribution is 2.19. The highest BCUT2D eigenvalue weighted by atomic mass is 16.1. The van der Waals surface area contributed by atoms with Crippen LogP contribution in [-0.4, -0.2) is 12.8 Å². The molecule has 0 aliphatic carbocycles. The van der Waals surface area contributed by atoms with Gasteiger partial charge in [0.25, 0.3) is 0 Å². The fourth-order valence-electron chi connectivity index (χ4n) is 1.61. The molecule has 1 rings (SSSR count). The third kappa shape index (κ3) is 4.06. The summed E-state index contributed by atoms with van der Waals surface area (Å²) in [6, 6.07) is 5.74. The Morgan fingerprint density at radius 3 is 2.65 bits per heavy atom. The predicted molar refractivity (Wildman–Crippen MR) is 74.5 cm³/mol. The maximum Gasteiger partial charge on any atom is 0.159 e. The van der Waals surface area contributed by atoms with Gasteiger partial charge in [-0.25, -0.2) is 0 Å². The highest BCUT2D eigenvalue weighted by molar-refractivity contribution is 5.95. The zero-order valence-corrected chi connectivity index (χ0v) is 11.1. The molecule has 17 heavy (non-hydrogen) atoms. The molecule has 1 aromatic carbocycles. The summed E-state index contributed by atoms with van der Waals surface area (Å²) in [6.07, 6.45) is 5.29. The number of hydrogen-bond acceptors (Lipinski definition) is 2. The van der Waals surface area contributed by atoms with Crippen LogP contribution in [0.1, 0.15) is 43.1 Å². The molecule has 0 heterocycles. The second kappa shape index (κ2) is 6.24. The minimum Gasteiger partial charge on any atom is -0.388 e. The third-order valence-electron chi connectivity index (χ3n) is 2.63. The summed E-state index contributed by atoms with van der Waals surface area (Å²) in [5.41, 5.74) is 2.88. The van der Waals surface area contributed by atoms with Crippen LogP contribution in [0.4, 0.5) is 5.69 Å². The van der Waals surface area contributed by atoms with E-state index >= 15 is 0 Å². The van der Waals surface area contributed by atoms with Crippen LogP contribution in [0.2, 0.25) is 0 Å². The molecule has 0 fully saturated rings. The van der Waals surface area contributed by atoms with Crippen molar-refractivity contribution >= 4 is 17.5 Å². The average Bonchev–Trinajstić information content (AvgIpc) is 2.28. The number of allylic oxidation sites excluding steroid dienone is 1. The lowest BCUT2D eigenvalue weighted by Gasteiger charge is -2.07. The van der Waals surface area contributed by atoms with Gasteiger partial charge in [-0.05, 0) is 43.0 Å². The second-order valence-electron chi connectivity index (χ2n) is 4.64. The van der Waals surface area contributed by atoms with Gasteiger partial charge in [0.2, 0.25) is 0 Å². The van der Waals surface area contributed by atoms with Crippen LogP contribution >= 0.6 is 0 Å². The summed E-state index contributed by atoms with van der Waals surface area (Å²) < 4.78 is 0. The van der Waals surface area contributed by atoms with E-state index in [2.05, 4.69) is 31.3 Å². The molecular weight excluding hydrogens is 210 g/mol. The lowest BCUT2D eigenvalue weighted by atomic mass is 10.0. The molecule has 0 aliphatic rings. The van der Waals surface area contributed by atoms with Crippen molar-refractivity contribution in [2.75, 3.05) is 12.4 Å². The number of carbonyl (C=O) groups excluding carboxylic acids is 1. The van der Waals surface area contributed by atoms with Crippen LogP contribution in [0.3, 0.4) is 0 Å². The normalized spacial score (nSPS) is 11.1. The van der Waals surface area contributed by atoms with Crippen LogP contribution in [0, 0.1) is 5.92 Å². The van der Waals surface area contributed by atoms with Crippen LogP contribution < -0.4 is 5.32 Å². The smallest absolute Gasteiger partial charge is 0.159 e. The van der Waals surface area contributed by atoms with Gasteiger partial charge in [0, 0.05) is 18.3 Å². The molecule has 0 atom stereocenters. The number of hydrogen-bond donors (Lipinski definition) is 1. The Labute approximate surface area is 104 Å². The molecule has 0 unspecified atom stereocenters. The lowest BCUT2D eigenvalue weighted by molar-refractivity contribution is 0.101. The first kappa shape index (κ1) is 13.5. The van der Waals surface area contributed by atoms with Gasteiger partial charge in [0.1, 0.15) is 0 Å². The van der Waals surface area contributed by atoms with Gasteiger partial charge >= 0.3 is 0 Å². The van der Waals surface area contributed by atoms with Crippen molar-refractivity contribution in [2.45, 2.75) is 27.2 Å². The zero-order valence-electron chi connectivity index (χ0n) is 11.1. The Balaban J connectivity index is 2.97. The quantitative estimate of drug-likeness (QED) is 0.776. The Morgan fingerprint density at radius 1 is 1.41 bits per heavy atom. The van der Waals surface area contributed by atoms with Crippen molar-refractivity contribution < 1.29 is 4.79 Å². The molecule has 0 aliphatic heterocycles. The maximum atomic E-state index is 11.3. The highest BCUT2D eigenvalue weighted by Gasteiger charge is 2.03. The van der Waals surface area contributed by atoms with E-state index in [0.717, 1.165) is 23.2 Å². The summed E-state index contributed by atoms with van der Waals surface area (Å²) in [4.78, 5) is 11.3. The molecule has 2 heteroatoms. The summed E-state index contributed by atoms with van der Waals surface area (Å²) >= 11 is 0. The number of anilines is 1. The second-order valence-corrected chi connectivity index (χ2v) is 4.64. The fraction of sp³-hybridized carbons (Fsp3) is 0.400. The maximum absolute atomic E-state index is 11.3. The standard InChI is InChI=1S/C15H21NO/c1-11(2)6-5-7-14-10-13(12(3)17)8-9-15(14)16-4/h5,7-11,16H,6H2,1-4H3/b7-5-. The number of carbonyl (C=O) groups is 1. The van der Waals surface area contributed by atoms with Crippen LogP contribution in [-0.2, 0) is 0 Å². The minimum absolute atomic E-state index is 0.103. The van der Waals surface area contributed by atoms with Gasteiger partial charge in [-0.2, -0.15) is 0 Å². The fourth-order valence-corrected chi connectivity index (χ4v) is 1.61. The number of Topliss-reactive ketones (excluding diaryl/α,β-unsaturated/α-hetero) is 1. The summed E-state index contributed by atoms with van der Waals surface area (Å²) in [5.74, 6) is 0.756. The van der Waals surface area contributed by atoms with Crippen LogP contribution in [0.25, 0.3) is 6.08 Å². The molecule has 92 valence electrons. The van der Waals surface area contributed by atoms with E-state index in [1.807, 2.05) is 25.2 Å². The largest absolute Gasteiger partial charge is 0.388 e. The first-order valence-electron chi connectivity index (χ1n) is 6.04. The van der Waals surface area contributed by atoms with Crippen LogP contribution in [0.5, 0.6) is 0 Å². The molecule has 0 amide bonds. The molecular formula is C15H21NO. The third-order valence-corrected chi connectivity index (χ3v) is 2.63. The SMILES string of the molecule is CNc1ccc(C(C)=O)cc1/C=C\CC(C)C. The number of ketones is 1.